The number of halogens is 2. The summed E-state index contributed by atoms with van der Waals surface area (Å²) in [4.78, 5) is 11.6. The minimum Gasteiger partial charge on any atom is -0.369 e. The summed E-state index contributed by atoms with van der Waals surface area (Å²) < 4.78 is 26.3. The van der Waals surface area contributed by atoms with E-state index >= 15 is 0 Å². The van der Waals surface area contributed by atoms with Crippen molar-refractivity contribution in [1.29, 1.82) is 0 Å². The minimum absolute atomic E-state index is 0.104. The van der Waals surface area contributed by atoms with Gasteiger partial charge in [-0.3, -0.25) is 4.79 Å². The quantitative estimate of drug-likeness (QED) is 0.863. The predicted molar refractivity (Wildman–Crippen MR) is 68.2 cm³/mol. The van der Waals surface area contributed by atoms with E-state index in [1.165, 1.54) is 6.07 Å². The molecule has 1 amide bonds. The Hall–Kier alpha value is -1.49. The maximum atomic E-state index is 13.3. The molecule has 1 aliphatic rings. The first-order valence-corrected chi connectivity index (χ1v) is 6.40. The molecular weight excluding hydrogens is 250 g/mol. The average Bonchev–Trinajstić information content (AvgIpc) is 2.31. The number of hydrogen-bond acceptors (Lipinski definition) is 2. The molecule has 0 bridgehead atoms. The molecule has 1 aromatic carbocycles. The first kappa shape index (κ1) is 13.9. The van der Waals surface area contributed by atoms with Crippen LogP contribution in [0, 0.1) is 23.5 Å². The van der Waals surface area contributed by atoms with E-state index in [2.05, 4.69) is 5.32 Å². The standard InChI is InChI=1S/C14H18F2N2O/c1-7-5-8(2)18-13(12(7)14(17)19)9-3-4-10(15)11(16)6-9/h3-4,6-8,12-13,18H,5H2,1-2H3,(H2,17,19). The summed E-state index contributed by atoms with van der Waals surface area (Å²) in [6.07, 6.45) is 0.827. The Morgan fingerprint density at radius 3 is 2.58 bits per heavy atom. The number of rotatable bonds is 2. The van der Waals surface area contributed by atoms with Gasteiger partial charge in [0.2, 0.25) is 5.91 Å². The van der Waals surface area contributed by atoms with Crippen LogP contribution in [0.4, 0.5) is 8.78 Å². The molecule has 0 radical (unpaired) electrons. The molecular formula is C14H18F2N2O. The van der Waals surface area contributed by atoms with Gasteiger partial charge in [0, 0.05) is 12.1 Å². The lowest BCUT2D eigenvalue weighted by atomic mass is 9.76. The molecule has 0 aliphatic carbocycles. The number of carbonyl (C=O) groups excluding carboxylic acids is 1. The van der Waals surface area contributed by atoms with Crippen molar-refractivity contribution in [3.05, 3.63) is 35.4 Å². The fraction of sp³-hybridized carbons (Fsp3) is 0.500. The van der Waals surface area contributed by atoms with Gasteiger partial charge in [-0.2, -0.15) is 0 Å². The lowest BCUT2D eigenvalue weighted by molar-refractivity contribution is -0.125. The Kier molecular flexibility index (Phi) is 3.85. The zero-order valence-electron chi connectivity index (χ0n) is 11.0. The average molecular weight is 268 g/mol. The molecule has 1 fully saturated rings. The largest absolute Gasteiger partial charge is 0.369 e. The van der Waals surface area contributed by atoms with Crippen LogP contribution in [0.5, 0.6) is 0 Å². The summed E-state index contributed by atoms with van der Waals surface area (Å²) in [5.41, 5.74) is 6.01. The highest BCUT2D eigenvalue weighted by Crippen LogP contribution is 2.35. The molecule has 5 heteroatoms. The molecule has 104 valence electrons. The SMILES string of the molecule is CC1CC(C)C(C(N)=O)C(c2ccc(F)c(F)c2)N1. The van der Waals surface area contributed by atoms with Crippen LogP contribution in [0.1, 0.15) is 31.9 Å². The van der Waals surface area contributed by atoms with Gasteiger partial charge >= 0.3 is 0 Å². The van der Waals surface area contributed by atoms with E-state index < -0.39 is 23.5 Å². The maximum Gasteiger partial charge on any atom is 0.222 e. The van der Waals surface area contributed by atoms with E-state index in [1.54, 1.807) is 0 Å². The van der Waals surface area contributed by atoms with Gasteiger partial charge in [-0.25, -0.2) is 8.78 Å². The van der Waals surface area contributed by atoms with Crippen LogP contribution >= 0.6 is 0 Å². The van der Waals surface area contributed by atoms with Gasteiger partial charge in [0.15, 0.2) is 11.6 Å². The third kappa shape index (κ3) is 2.76. The van der Waals surface area contributed by atoms with Crippen molar-refractivity contribution in [3.63, 3.8) is 0 Å². The van der Waals surface area contributed by atoms with Crippen molar-refractivity contribution in [2.75, 3.05) is 0 Å². The number of amides is 1. The molecule has 3 nitrogen and oxygen atoms in total. The van der Waals surface area contributed by atoms with Crippen LogP contribution < -0.4 is 11.1 Å². The second-order valence-corrected chi connectivity index (χ2v) is 5.36. The Bertz CT molecular complexity index is 492. The van der Waals surface area contributed by atoms with Gasteiger partial charge in [-0.1, -0.05) is 13.0 Å². The summed E-state index contributed by atoms with van der Waals surface area (Å²) in [6.45, 7) is 3.96. The fourth-order valence-corrected chi connectivity index (χ4v) is 2.97. The van der Waals surface area contributed by atoms with E-state index in [4.69, 9.17) is 5.73 Å². The van der Waals surface area contributed by atoms with Gasteiger partial charge < -0.3 is 11.1 Å². The smallest absolute Gasteiger partial charge is 0.222 e. The second-order valence-electron chi connectivity index (χ2n) is 5.36. The molecule has 0 spiro atoms. The van der Waals surface area contributed by atoms with Crippen LogP contribution in [-0.4, -0.2) is 11.9 Å². The summed E-state index contributed by atoms with van der Waals surface area (Å²) >= 11 is 0. The highest BCUT2D eigenvalue weighted by molar-refractivity contribution is 5.78. The van der Waals surface area contributed by atoms with Gasteiger partial charge in [0.25, 0.3) is 0 Å². The molecule has 1 saturated heterocycles. The molecule has 1 heterocycles. The summed E-state index contributed by atoms with van der Waals surface area (Å²) in [5.74, 6) is -2.53. The van der Waals surface area contributed by atoms with Crippen molar-refractivity contribution in [2.45, 2.75) is 32.4 Å². The van der Waals surface area contributed by atoms with Crippen LogP contribution in [0.2, 0.25) is 0 Å². The fourth-order valence-electron chi connectivity index (χ4n) is 2.97. The van der Waals surface area contributed by atoms with Crippen molar-refractivity contribution in [3.8, 4) is 0 Å². The number of piperidine rings is 1. The van der Waals surface area contributed by atoms with Crippen LogP contribution in [0.3, 0.4) is 0 Å². The topological polar surface area (TPSA) is 55.1 Å². The van der Waals surface area contributed by atoms with Crippen molar-refractivity contribution in [1.82, 2.24) is 5.32 Å². The molecule has 0 aromatic heterocycles. The maximum absolute atomic E-state index is 13.3. The second kappa shape index (κ2) is 5.25. The molecule has 4 atom stereocenters. The first-order valence-electron chi connectivity index (χ1n) is 6.40. The van der Waals surface area contributed by atoms with Crippen molar-refractivity contribution < 1.29 is 13.6 Å². The normalized spacial score (nSPS) is 31.2. The van der Waals surface area contributed by atoms with E-state index in [1.807, 2.05) is 13.8 Å². The molecule has 0 saturated carbocycles. The number of benzene rings is 1. The number of primary amides is 1. The molecule has 3 N–H and O–H groups in total. The van der Waals surface area contributed by atoms with E-state index in [-0.39, 0.29) is 18.0 Å². The molecule has 19 heavy (non-hydrogen) atoms. The Morgan fingerprint density at radius 2 is 2.00 bits per heavy atom. The van der Waals surface area contributed by atoms with Crippen LogP contribution in [0.15, 0.2) is 18.2 Å². The Balaban J connectivity index is 2.37. The van der Waals surface area contributed by atoms with Gasteiger partial charge in [-0.05, 0) is 37.0 Å². The van der Waals surface area contributed by atoms with Crippen molar-refractivity contribution >= 4 is 5.91 Å². The zero-order chi connectivity index (χ0) is 14.2. The highest BCUT2D eigenvalue weighted by atomic mass is 19.2. The third-order valence-corrected chi connectivity index (χ3v) is 3.79. The molecule has 4 unspecified atom stereocenters. The zero-order valence-corrected chi connectivity index (χ0v) is 11.0. The summed E-state index contributed by atoms with van der Waals surface area (Å²) in [6, 6.07) is 3.54. The summed E-state index contributed by atoms with van der Waals surface area (Å²) in [7, 11) is 0. The number of nitrogens with two attached hydrogens (primary N) is 1. The monoisotopic (exact) mass is 268 g/mol. The van der Waals surface area contributed by atoms with Gasteiger partial charge in [0.05, 0.1) is 5.92 Å². The minimum atomic E-state index is -0.909. The lowest BCUT2D eigenvalue weighted by Gasteiger charge is -2.39. The number of nitrogens with one attached hydrogen (secondary N) is 1. The van der Waals surface area contributed by atoms with E-state index in [9.17, 15) is 13.6 Å². The molecule has 1 aromatic rings. The number of hydrogen-bond donors (Lipinski definition) is 2. The van der Waals surface area contributed by atoms with Crippen molar-refractivity contribution in [2.24, 2.45) is 17.6 Å². The van der Waals surface area contributed by atoms with Crippen LogP contribution in [-0.2, 0) is 4.79 Å². The third-order valence-electron chi connectivity index (χ3n) is 3.79. The van der Waals surface area contributed by atoms with Gasteiger partial charge in [-0.15, -0.1) is 0 Å². The van der Waals surface area contributed by atoms with E-state index in [0.29, 0.717) is 5.56 Å². The van der Waals surface area contributed by atoms with E-state index in [0.717, 1.165) is 18.6 Å². The van der Waals surface area contributed by atoms with Crippen LogP contribution in [0.25, 0.3) is 0 Å². The van der Waals surface area contributed by atoms with Gasteiger partial charge in [0.1, 0.15) is 0 Å². The molecule has 2 rings (SSSR count). The highest BCUT2D eigenvalue weighted by Gasteiger charge is 2.38. The number of carbonyl (C=O) groups is 1. The lowest BCUT2D eigenvalue weighted by Crippen LogP contribution is -2.49. The first-order chi connectivity index (χ1) is 8.90. The predicted octanol–water partition coefficient (Wildman–Crippen LogP) is 2.13. The Morgan fingerprint density at radius 1 is 1.32 bits per heavy atom. The summed E-state index contributed by atoms with van der Waals surface area (Å²) in [5, 5.41) is 3.25. The Labute approximate surface area is 111 Å². The molecule has 1 aliphatic heterocycles.